The van der Waals surface area contributed by atoms with Gasteiger partial charge in [0.05, 0.1) is 0 Å². The van der Waals surface area contributed by atoms with Crippen LogP contribution in [0.25, 0.3) is 0 Å². The summed E-state index contributed by atoms with van der Waals surface area (Å²) in [7, 11) is 0. The van der Waals surface area contributed by atoms with Crippen molar-refractivity contribution in [1.82, 2.24) is 14.8 Å². The number of hydrogen-bond acceptors (Lipinski definition) is 5. The van der Waals surface area contributed by atoms with Gasteiger partial charge < -0.3 is 5.32 Å². The first-order valence-electron chi connectivity index (χ1n) is 11.1. The third-order valence-corrected chi connectivity index (χ3v) is 7.60. The number of rotatable bonds is 4. The molecule has 3 aromatic rings. The number of benzene rings is 2. The van der Waals surface area contributed by atoms with Gasteiger partial charge >= 0.3 is 0 Å². The molecule has 0 fully saturated rings. The Bertz CT molecular complexity index is 1290. The topological polar surface area (TPSA) is 59.8 Å². The number of hydrogen-bond donors (Lipinski definition) is 1. The Balaban J connectivity index is 1.54. The Morgan fingerprint density at radius 3 is 2.76 bits per heavy atom. The van der Waals surface area contributed by atoms with Crippen LogP contribution in [-0.2, 0) is 10.5 Å². The summed E-state index contributed by atoms with van der Waals surface area (Å²) in [6, 6.07) is 13.8. The van der Waals surface area contributed by atoms with Gasteiger partial charge in [-0.3, -0.25) is 4.79 Å². The van der Waals surface area contributed by atoms with Gasteiger partial charge in [-0.15, -0.1) is 5.10 Å². The molecule has 0 spiro atoms. The van der Waals surface area contributed by atoms with Crippen molar-refractivity contribution in [1.29, 1.82) is 0 Å². The van der Waals surface area contributed by atoms with E-state index in [2.05, 4.69) is 51.2 Å². The number of Topliss-reactive ketones (excluding diaryl/α,β-unsaturated/α-hetero) is 1. The summed E-state index contributed by atoms with van der Waals surface area (Å²) in [5.74, 6) is 1.59. The molecule has 0 saturated heterocycles. The quantitative estimate of drug-likeness (QED) is 0.434. The highest BCUT2D eigenvalue weighted by Crippen LogP contribution is 2.46. The zero-order valence-electron chi connectivity index (χ0n) is 19.3. The Labute approximate surface area is 203 Å². The van der Waals surface area contributed by atoms with Crippen molar-refractivity contribution in [3.63, 3.8) is 0 Å². The second kappa shape index (κ2) is 8.33. The minimum Gasteiger partial charge on any atom is -0.328 e. The molecular weight excluding hydrogens is 452 g/mol. The minimum atomic E-state index is -0.379. The summed E-state index contributed by atoms with van der Waals surface area (Å²) in [4.78, 5) is 18.1. The van der Waals surface area contributed by atoms with Crippen LogP contribution in [0, 0.1) is 19.3 Å². The summed E-state index contributed by atoms with van der Waals surface area (Å²) in [6.07, 6.45) is 1.29. The predicted molar refractivity (Wildman–Crippen MR) is 134 cm³/mol. The van der Waals surface area contributed by atoms with Crippen LogP contribution in [0.1, 0.15) is 55.0 Å². The lowest BCUT2D eigenvalue weighted by Crippen LogP contribution is -2.36. The highest BCUT2D eigenvalue weighted by atomic mass is 35.5. The molecule has 0 saturated carbocycles. The molecule has 5 nitrogen and oxygen atoms in total. The highest BCUT2D eigenvalue weighted by Gasteiger charge is 2.42. The van der Waals surface area contributed by atoms with Gasteiger partial charge in [-0.05, 0) is 42.9 Å². The number of halogens is 1. The molecule has 1 atom stereocenters. The van der Waals surface area contributed by atoms with Crippen LogP contribution in [-0.4, -0.2) is 20.5 Å². The van der Waals surface area contributed by atoms with E-state index < -0.39 is 0 Å². The van der Waals surface area contributed by atoms with Gasteiger partial charge in [0.2, 0.25) is 11.1 Å². The van der Waals surface area contributed by atoms with Crippen LogP contribution in [0.4, 0.5) is 5.95 Å². The molecule has 2 aliphatic rings. The van der Waals surface area contributed by atoms with Crippen LogP contribution in [0.5, 0.6) is 0 Å². The van der Waals surface area contributed by atoms with Crippen molar-refractivity contribution < 1.29 is 4.79 Å². The molecule has 2 aromatic carbocycles. The van der Waals surface area contributed by atoms with Gasteiger partial charge in [0.15, 0.2) is 5.78 Å². The van der Waals surface area contributed by atoms with Crippen molar-refractivity contribution in [2.75, 3.05) is 5.32 Å². The summed E-state index contributed by atoms with van der Waals surface area (Å²) >= 11 is 8.22. The molecule has 1 N–H and O–H groups in total. The van der Waals surface area contributed by atoms with Crippen LogP contribution < -0.4 is 5.32 Å². The van der Waals surface area contributed by atoms with Gasteiger partial charge in [-0.25, -0.2) is 4.68 Å². The Hall–Kier alpha value is -2.57. The molecular formula is C26H27ClN4OS. The zero-order chi connectivity index (χ0) is 23.3. The number of carbonyl (C=O) groups excluding carboxylic acids is 1. The number of nitrogens with zero attached hydrogens (tertiary/aromatic N) is 3. The zero-order valence-corrected chi connectivity index (χ0v) is 20.8. The second-order valence-corrected chi connectivity index (χ2v) is 11.1. The first kappa shape index (κ1) is 22.2. The van der Waals surface area contributed by atoms with Crippen molar-refractivity contribution >= 4 is 35.1 Å². The predicted octanol–water partition coefficient (Wildman–Crippen LogP) is 6.50. The average Bonchev–Trinajstić information content (AvgIpc) is 3.15. The SMILES string of the molecule is Cc1ccc(C)c(CSc2nc3n(n2)C(c2ccccc2Cl)C2=C(CC(C)(C)CC2=O)N3)c1. The molecule has 2 heterocycles. The van der Waals surface area contributed by atoms with Gasteiger partial charge in [-0.2, -0.15) is 4.98 Å². The lowest BCUT2D eigenvalue weighted by atomic mass is 9.73. The fourth-order valence-corrected chi connectivity index (χ4v) is 5.86. The van der Waals surface area contributed by atoms with Crippen molar-refractivity contribution in [3.8, 4) is 0 Å². The molecule has 0 amide bonds. The Morgan fingerprint density at radius 2 is 1.97 bits per heavy atom. The number of ketones is 1. The number of aromatic nitrogens is 3. The van der Waals surface area contributed by atoms with Gasteiger partial charge in [0.1, 0.15) is 6.04 Å². The van der Waals surface area contributed by atoms with E-state index in [0.717, 1.165) is 29.0 Å². The number of thioether (sulfide) groups is 1. The third-order valence-electron chi connectivity index (χ3n) is 6.37. The summed E-state index contributed by atoms with van der Waals surface area (Å²) < 4.78 is 1.84. The van der Waals surface area contributed by atoms with Gasteiger partial charge in [0.25, 0.3) is 0 Å². The van der Waals surface area contributed by atoms with Crippen molar-refractivity contribution in [2.24, 2.45) is 5.41 Å². The van der Waals surface area contributed by atoms with E-state index in [-0.39, 0.29) is 17.2 Å². The molecule has 0 bridgehead atoms. The largest absolute Gasteiger partial charge is 0.328 e. The van der Waals surface area contributed by atoms with E-state index in [1.807, 2.05) is 28.9 Å². The van der Waals surface area contributed by atoms with Crippen LogP contribution >= 0.6 is 23.4 Å². The number of carbonyl (C=O) groups is 1. The maximum Gasteiger partial charge on any atom is 0.227 e. The number of fused-ring (bicyclic) bond motifs is 1. The number of nitrogens with one attached hydrogen (secondary N) is 1. The standard InChI is InChI=1S/C26H27ClN4OS/c1-15-9-10-16(2)17(11-15)14-33-25-29-24-28-20-12-26(3,4)13-21(32)22(20)23(31(24)30-25)18-7-5-6-8-19(18)27/h5-11,23H,12-14H2,1-4H3,(H,28,29,30). The first-order chi connectivity index (χ1) is 15.7. The maximum absolute atomic E-state index is 13.3. The minimum absolute atomic E-state index is 0.101. The fourth-order valence-electron chi connectivity index (χ4n) is 4.73. The van der Waals surface area contributed by atoms with Gasteiger partial charge in [0, 0.05) is 34.0 Å². The van der Waals surface area contributed by atoms with E-state index >= 15 is 0 Å². The Kier molecular flexibility index (Phi) is 5.61. The van der Waals surface area contributed by atoms with Crippen molar-refractivity contribution in [3.05, 3.63) is 81.0 Å². The molecule has 7 heteroatoms. The number of allylic oxidation sites excluding steroid dienone is 2. The Morgan fingerprint density at radius 1 is 1.18 bits per heavy atom. The second-order valence-electron chi connectivity index (χ2n) is 9.76. The van der Waals surface area contributed by atoms with E-state index in [1.165, 1.54) is 16.7 Å². The fraction of sp³-hybridized carbons (Fsp3) is 0.346. The molecule has 1 unspecified atom stereocenters. The normalized spacial score (nSPS) is 19.2. The smallest absolute Gasteiger partial charge is 0.227 e. The highest BCUT2D eigenvalue weighted by molar-refractivity contribution is 7.98. The lowest BCUT2D eigenvalue weighted by molar-refractivity contribution is -0.118. The number of aryl methyl sites for hydroxylation is 2. The average molecular weight is 479 g/mol. The first-order valence-corrected chi connectivity index (χ1v) is 12.5. The summed E-state index contributed by atoms with van der Waals surface area (Å²) in [5, 5.41) is 9.58. The van der Waals surface area contributed by atoms with Crippen LogP contribution in [0.2, 0.25) is 5.02 Å². The van der Waals surface area contributed by atoms with Gasteiger partial charge in [-0.1, -0.05) is 79.2 Å². The number of anilines is 1. The maximum atomic E-state index is 13.3. The van der Waals surface area contributed by atoms with E-state index in [9.17, 15) is 4.79 Å². The summed E-state index contributed by atoms with van der Waals surface area (Å²) in [6.45, 7) is 8.49. The van der Waals surface area contributed by atoms with Crippen molar-refractivity contribution in [2.45, 2.75) is 57.5 Å². The van der Waals surface area contributed by atoms with E-state index in [1.54, 1.807) is 11.8 Å². The van der Waals surface area contributed by atoms with Crippen LogP contribution in [0.15, 0.2) is 58.9 Å². The third kappa shape index (κ3) is 4.22. The van der Waals surface area contributed by atoms with E-state index in [0.29, 0.717) is 22.5 Å². The molecule has 1 aromatic heterocycles. The molecule has 0 radical (unpaired) electrons. The molecule has 170 valence electrons. The molecule has 5 rings (SSSR count). The molecule has 1 aliphatic heterocycles. The molecule has 1 aliphatic carbocycles. The molecule has 33 heavy (non-hydrogen) atoms. The van der Waals surface area contributed by atoms with E-state index in [4.69, 9.17) is 21.7 Å². The van der Waals surface area contributed by atoms with Crippen LogP contribution in [0.3, 0.4) is 0 Å². The monoisotopic (exact) mass is 478 g/mol. The summed E-state index contributed by atoms with van der Waals surface area (Å²) in [5.41, 5.74) is 6.24. The lowest BCUT2D eigenvalue weighted by Gasteiger charge is -2.38.